The predicted molar refractivity (Wildman–Crippen MR) is 76.7 cm³/mol. The highest BCUT2D eigenvalue weighted by Gasteiger charge is 2.24. The first kappa shape index (κ1) is 15.5. The van der Waals surface area contributed by atoms with Gasteiger partial charge in [0, 0.05) is 19.1 Å². The van der Waals surface area contributed by atoms with Crippen molar-refractivity contribution in [2.24, 2.45) is 0 Å². The third-order valence-electron chi connectivity index (χ3n) is 3.41. The molecule has 0 saturated carbocycles. The van der Waals surface area contributed by atoms with E-state index < -0.39 is 5.97 Å². The maximum atomic E-state index is 11.6. The van der Waals surface area contributed by atoms with E-state index in [1.165, 1.54) is 0 Å². The Morgan fingerprint density at radius 3 is 2.81 bits per heavy atom. The lowest BCUT2D eigenvalue weighted by molar-refractivity contribution is -0.144. The van der Waals surface area contributed by atoms with Gasteiger partial charge in [0.25, 0.3) is 0 Å². The van der Waals surface area contributed by atoms with Crippen molar-refractivity contribution in [2.75, 3.05) is 26.2 Å². The summed E-state index contributed by atoms with van der Waals surface area (Å²) < 4.78 is 5.17. The van der Waals surface area contributed by atoms with E-state index in [-0.39, 0.29) is 31.7 Å². The summed E-state index contributed by atoms with van der Waals surface area (Å²) in [5.41, 5.74) is 0.958. The van der Waals surface area contributed by atoms with Gasteiger partial charge in [0.05, 0.1) is 13.1 Å². The molecule has 6 heteroatoms. The molecule has 1 fully saturated rings. The smallest absolute Gasteiger partial charge is 0.320 e. The molecule has 0 aromatic heterocycles. The number of rotatable bonds is 7. The normalized spacial score (nSPS) is 18.6. The first-order chi connectivity index (χ1) is 10.1. The van der Waals surface area contributed by atoms with Crippen LogP contribution in [0.3, 0.4) is 0 Å². The summed E-state index contributed by atoms with van der Waals surface area (Å²) in [5.74, 6) is -1.12. The molecular weight excluding hydrogens is 272 g/mol. The molecule has 1 aliphatic rings. The van der Waals surface area contributed by atoms with Crippen molar-refractivity contribution in [2.45, 2.75) is 19.1 Å². The molecule has 0 unspecified atom stereocenters. The lowest BCUT2D eigenvalue weighted by Gasteiger charge is -2.14. The topological polar surface area (TPSA) is 78.9 Å². The Kier molecular flexibility index (Phi) is 5.71. The third-order valence-corrected chi connectivity index (χ3v) is 3.41. The standard InChI is InChI=1S/C15H20N2O4/c18-14(19)10-17-7-6-13(9-17)16-8-15(20)21-11-12-4-2-1-3-5-12/h1-5,13,16H,6-11H2,(H,18,19)/t13-/m0/s1. The summed E-state index contributed by atoms with van der Waals surface area (Å²) in [6.07, 6.45) is 0.846. The largest absolute Gasteiger partial charge is 0.480 e. The number of nitrogens with one attached hydrogen (secondary N) is 1. The summed E-state index contributed by atoms with van der Waals surface area (Å²) in [7, 11) is 0. The number of carboxylic acid groups (broad SMARTS) is 1. The zero-order chi connectivity index (χ0) is 15.1. The van der Waals surface area contributed by atoms with Crippen LogP contribution in [0.4, 0.5) is 0 Å². The molecule has 2 N–H and O–H groups in total. The lowest BCUT2D eigenvalue weighted by atomic mass is 10.2. The molecule has 0 aliphatic carbocycles. The number of benzene rings is 1. The van der Waals surface area contributed by atoms with Gasteiger partial charge in [-0.05, 0) is 12.0 Å². The van der Waals surface area contributed by atoms with Crippen LogP contribution in [-0.4, -0.2) is 54.2 Å². The molecule has 6 nitrogen and oxygen atoms in total. The predicted octanol–water partition coefficient (Wildman–Crippen LogP) is 0.478. The molecule has 1 atom stereocenters. The second kappa shape index (κ2) is 7.75. The highest BCUT2D eigenvalue weighted by Crippen LogP contribution is 2.08. The van der Waals surface area contributed by atoms with Crippen LogP contribution in [-0.2, 0) is 20.9 Å². The van der Waals surface area contributed by atoms with E-state index in [0.717, 1.165) is 18.5 Å². The van der Waals surface area contributed by atoms with Gasteiger partial charge in [0.1, 0.15) is 6.61 Å². The van der Waals surface area contributed by atoms with E-state index in [2.05, 4.69) is 5.32 Å². The van der Waals surface area contributed by atoms with Gasteiger partial charge >= 0.3 is 11.9 Å². The average molecular weight is 292 g/mol. The Bertz CT molecular complexity index is 478. The fraction of sp³-hybridized carbons (Fsp3) is 0.467. The Hall–Kier alpha value is -1.92. The van der Waals surface area contributed by atoms with Gasteiger partial charge in [-0.3, -0.25) is 14.5 Å². The average Bonchev–Trinajstić information content (AvgIpc) is 2.91. The molecule has 21 heavy (non-hydrogen) atoms. The molecule has 2 rings (SSSR count). The summed E-state index contributed by atoms with van der Waals surface area (Å²) >= 11 is 0. The number of hydrogen-bond donors (Lipinski definition) is 2. The zero-order valence-electron chi connectivity index (χ0n) is 11.8. The Morgan fingerprint density at radius 1 is 1.33 bits per heavy atom. The van der Waals surface area contributed by atoms with Crippen LogP contribution in [0.1, 0.15) is 12.0 Å². The van der Waals surface area contributed by atoms with Gasteiger partial charge in [-0.2, -0.15) is 0 Å². The molecule has 0 bridgehead atoms. The van der Waals surface area contributed by atoms with E-state index in [1.807, 2.05) is 35.2 Å². The Morgan fingerprint density at radius 2 is 2.10 bits per heavy atom. The monoisotopic (exact) mass is 292 g/mol. The van der Waals surface area contributed by atoms with Crippen LogP contribution in [0.5, 0.6) is 0 Å². The van der Waals surface area contributed by atoms with E-state index in [1.54, 1.807) is 0 Å². The molecule has 1 saturated heterocycles. The number of likely N-dealkylation sites (tertiary alicyclic amines) is 1. The molecule has 0 amide bonds. The van der Waals surface area contributed by atoms with Crippen molar-refractivity contribution in [3.8, 4) is 0 Å². The Balaban J connectivity index is 1.62. The molecule has 1 aromatic carbocycles. The van der Waals surface area contributed by atoms with Crippen molar-refractivity contribution >= 4 is 11.9 Å². The molecule has 0 radical (unpaired) electrons. The van der Waals surface area contributed by atoms with Crippen LogP contribution < -0.4 is 5.32 Å². The summed E-state index contributed by atoms with van der Waals surface area (Å²) in [6, 6.07) is 9.67. The van der Waals surface area contributed by atoms with Gasteiger partial charge in [0.15, 0.2) is 0 Å². The fourth-order valence-electron chi connectivity index (χ4n) is 2.35. The minimum absolute atomic E-state index is 0.0522. The molecular formula is C15H20N2O4. The molecule has 1 heterocycles. The number of nitrogens with zero attached hydrogens (tertiary/aromatic N) is 1. The molecule has 1 aliphatic heterocycles. The van der Waals surface area contributed by atoms with Crippen LogP contribution in [0.15, 0.2) is 30.3 Å². The lowest BCUT2D eigenvalue weighted by Crippen LogP contribution is -2.37. The third kappa shape index (κ3) is 5.53. The van der Waals surface area contributed by atoms with Gasteiger partial charge in [-0.15, -0.1) is 0 Å². The summed E-state index contributed by atoms with van der Waals surface area (Å²) in [5, 5.41) is 11.8. The minimum atomic E-state index is -0.821. The maximum Gasteiger partial charge on any atom is 0.320 e. The second-order valence-corrected chi connectivity index (χ2v) is 5.14. The molecule has 1 aromatic rings. The second-order valence-electron chi connectivity index (χ2n) is 5.14. The van der Waals surface area contributed by atoms with Crippen molar-refractivity contribution in [1.29, 1.82) is 0 Å². The van der Waals surface area contributed by atoms with Gasteiger partial charge in [-0.25, -0.2) is 0 Å². The quantitative estimate of drug-likeness (QED) is 0.712. The van der Waals surface area contributed by atoms with Crippen LogP contribution >= 0.6 is 0 Å². The van der Waals surface area contributed by atoms with Gasteiger partial charge in [0.2, 0.25) is 0 Å². The van der Waals surface area contributed by atoms with E-state index >= 15 is 0 Å². The highest BCUT2D eigenvalue weighted by atomic mass is 16.5. The van der Waals surface area contributed by atoms with E-state index in [4.69, 9.17) is 9.84 Å². The molecule has 114 valence electrons. The first-order valence-electron chi connectivity index (χ1n) is 7.00. The van der Waals surface area contributed by atoms with Crippen molar-refractivity contribution in [1.82, 2.24) is 10.2 Å². The van der Waals surface area contributed by atoms with E-state index in [0.29, 0.717) is 6.54 Å². The number of aliphatic carboxylic acids is 1. The van der Waals surface area contributed by atoms with Crippen molar-refractivity contribution < 1.29 is 19.4 Å². The number of carboxylic acids is 1. The summed E-state index contributed by atoms with van der Waals surface area (Å²) in [4.78, 5) is 24.1. The van der Waals surface area contributed by atoms with Crippen LogP contribution in [0.25, 0.3) is 0 Å². The van der Waals surface area contributed by atoms with Gasteiger partial charge in [-0.1, -0.05) is 30.3 Å². The van der Waals surface area contributed by atoms with Crippen LogP contribution in [0, 0.1) is 0 Å². The number of ether oxygens (including phenoxy) is 1. The Labute approximate surface area is 123 Å². The number of carbonyl (C=O) groups is 2. The van der Waals surface area contributed by atoms with Crippen molar-refractivity contribution in [3.63, 3.8) is 0 Å². The highest BCUT2D eigenvalue weighted by molar-refractivity contribution is 5.71. The maximum absolute atomic E-state index is 11.6. The number of esters is 1. The first-order valence-corrected chi connectivity index (χ1v) is 7.00. The zero-order valence-corrected chi connectivity index (χ0v) is 11.8. The molecule has 0 spiro atoms. The van der Waals surface area contributed by atoms with E-state index in [9.17, 15) is 9.59 Å². The number of carbonyl (C=O) groups excluding carboxylic acids is 1. The fourth-order valence-corrected chi connectivity index (χ4v) is 2.35. The van der Waals surface area contributed by atoms with Gasteiger partial charge < -0.3 is 15.2 Å². The summed E-state index contributed by atoms with van der Waals surface area (Å²) in [6.45, 7) is 1.87. The SMILES string of the molecule is O=C(O)CN1CC[C@H](NCC(=O)OCc2ccccc2)C1. The minimum Gasteiger partial charge on any atom is -0.480 e. The van der Waals surface area contributed by atoms with Crippen molar-refractivity contribution in [3.05, 3.63) is 35.9 Å². The van der Waals surface area contributed by atoms with Crippen LogP contribution in [0.2, 0.25) is 0 Å². The number of hydrogen-bond acceptors (Lipinski definition) is 5.